The summed E-state index contributed by atoms with van der Waals surface area (Å²) < 4.78 is 0. The van der Waals surface area contributed by atoms with E-state index in [2.05, 4.69) is 28.9 Å². The number of hydrogen-bond acceptors (Lipinski definition) is 3. The van der Waals surface area contributed by atoms with Gasteiger partial charge in [0.2, 0.25) is 0 Å². The molecular weight excluding hydrogens is 210 g/mol. The lowest BCUT2D eigenvalue weighted by molar-refractivity contribution is 0.378. The van der Waals surface area contributed by atoms with Gasteiger partial charge in [-0.2, -0.15) is 0 Å². The molecule has 0 unspecified atom stereocenters. The number of rotatable bonds is 4. The lowest BCUT2D eigenvalue weighted by Crippen LogP contribution is -2.33. The molecule has 0 aliphatic carbocycles. The van der Waals surface area contributed by atoms with Gasteiger partial charge in [-0.15, -0.1) is 0 Å². The molecule has 17 heavy (non-hydrogen) atoms. The molecule has 0 spiro atoms. The van der Waals surface area contributed by atoms with Crippen molar-refractivity contribution in [2.75, 3.05) is 18.0 Å². The third-order valence-corrected chi connectivity index (χ3v) is 3.69. The minimum atomic E-state index is 0.528. The zero-order valence-electron chi connectivity index (χ0n) is 10.7. The van der Waals surface area contributed by atoms with Gasteiger partial charge >= 0.3 is 0 Å². The van der Waals surface area contributed by atoms with Gasteiger partial charge in [-0.05, 0) is 30.9 Å². The third-order valence-electron chi connectivity index (χ3n) is 3.69. The Kier molecular flexibility index (Phi) is 4.37. The summed E-state index contributed by atoms with van der Waals surface area (Å²) in [6.07, 6.45) is 7.23. The van der Waals surface area contributed by atoms with Gasteiger partial charge in [0.25, 0.3) is 0 Å². The number of aromatic nitrogens is 1. The van der Waals surface area contributed by atoms with E-state index in [0.29, 0.717) is 6.54 Å². The maximum absolute atomic E-state index is 5.63. The van der Waals surface area contributed by atoms with Crippen molar-refractivity contribution >= 4 is 5.69 Å². The minimum absolute atomic E-state index is 0.528. The van der Waals surface area contributed by atoms with Crippen LogP contribution in [0, 0.1) is 5.92 Å². The van der Waals surface area contributed by atoms with E-state index in [-0.39, 0.29) is 0 Å². The van der Waals surface area contributed by atoms with Gasteiger partial charge in [0.05, 0.1) is 5.69 Å². The van der Waals surface area contributed by atoms with Crippen LogP contribution < -0.4 is 10.6 Å². The zero-order chi connectivity index (χ0) is 12.1. The number of anilines is 1. The van der Waals surface area contributed by atoms with Crippen molar-refractivity contribution in [2.24, 2.45) is 11.7 Å². The number of hydrogen-bond donors (Lipinski definition) is 1. The molecule has 3 nitrogen and oxygen atoms in total. The van der Waals surface area contributed by atoms with Crippen LogP contribution in [-0.2, 0) is 6.54 Å². The molecular formula is C14H23N3. The summed E-state index contributed by atoms with van der Waals surface area (Å²) >= 11 is 0. The summed E-state index contributed by atoms with van der Waals surface area (Å²) in [5, 5.41) is 0. The largest absolute Gasteiger partial charge is 0.371 e. The summed E-state index contributed by atoms with van der Waals surface area (Å²) in [6, 6.07) is 4.22. The highest BCUT2D eigenvalue weighted by atomic mass is 15.1. The first-order chi connectivity index (χ1) is 8.33. The molecule has 1 aromatic rings. The second-order valence-electron chi connectivity index (χ2n) is 4.93. The van der Waals surface area contributed by atoms with Crippen LogP contribution in [0.25, 0.3) is 0 Å². The second kappa shape index (κ2) is 6.01. The molecule has 0 atom stereocenters. The van der Waals surface area contributed by atoms with Crippen molar-refractivity contribution in [2.45, 2.75) is 39.2 Å². The summed E-state index contributed by atoms with van der Waals surface area (Å²) in [5.74, 6) is 0.937. The fraction of sp³-hybridized carbons (Fsp3) is 0.643. The standard InChI is InChI=1S/C14H23N3/c1-2-3-12-5-8-17(9-6-12)14-4-7-16-13(10-14)11-15/h4,7,10,12H,2-3,5-6,8-9,11,15H2,1H3. The topological polar surface area (TPSA) is 42.2 Å². The number of piperidine rings is 1. The number of pyridine rings is 1. The van der Waals surface area contributed by atoms with Gasteiger partial charge in [-0.1, -0.05) is 19.8 Å². The first-order valence-electron chi connectivity index (χ1n) is 6.73. The van der Waals surface area contributed by atoms with Crippen LogP contribution in [0.1, 0.15) is 38.3 Å². The van der Waals surface area contributed by atoms with E-state index in [0.717, 1.165) is 11.6 Å². The molecule has 0 aromatic carbocycles. The Hall–Kier alpha value is -1.09. The average molecular weight is 233 g/mol. The fourth-order valence-corrected chi connectivity index (χ4v) is 2.66. The molecule has 2 heterocycles. The molecule has 0 radical (unpaired) electrons. The summed E-state index contributed by atoms with van der Waals surface area (Å²) in [4.78, 5) is 6.71. The Balaban J connectivity index is 1.95. The van der Waals surface area contributed by atoms with Crippen molar-refractivity contribution in [1.29, 1.82) is 0 Å². The van der Waals surface area contributed by atoms with Crippen molar-refractivity contribution in [3.05, 3.63) is 24.0 Å². The van der Waals surface area contributed by atoms with E-state index in [1.807, 2.05) is 6.20 Å². The summed E-state index contributed by atoms with van der Waals surface area (Å²) in [6.45, 7) is 5.17. The van der Waals surface area contributed by atoms with Gasteiger partial charge < -0.3 is 10.6 Å². The third kappa shape index (κ3) is 3.19. The molecule has 0 bridgehead atoms. The van der Waals surface area contributed by atoms with Crippen molar-refractivity contribution < 1.29 is 0 Å². The van der Waals surface area contributed by atoms with Crippen LogP contribution in [0.5, 0.6) is 0 Å². The molecule has 3 heteroatoms. The molecule has 94 valence electrons. The van der Waals surface area contributed by atoms with E-state index < -0.39 is 0 Å². The van der Waals surface area contributed by atoms with Crippen LogP contribution >= 0.6 is 0 Å². The predicted octanol–water partition coefficient (Wildman–Crippen LogP) is 2.56. The van der Waals surface area contributed by atoms with Gasteiger partial charge in [0.1, 0.15) is 0 Å². The highest BCUT2D eigenvalue weighted by Gasteiger charge is 2.18. The molecule has 2 N–H and O–H groups in total. The molecule has 2 rings (SSSR count). The molecule has 1 aliphatic heterocycles. The summed E-state index contributed by atoms with van der Waals surface area (Å²) in [5.41, 5.74) is 7.90. The molecule has 0 saturated carbocycles. The van der Waals surface area contributed by atoms with E-state index in [9.17, 15) is 0 Å². The van der Waals surface area contributed by atoms with Crippen LogP contribution in [0.4, 0.5) is 5.69 Å². The van der Waals surface area contributed by atoms with Gasteiger partial charge in [-0.3, -0.25) is 4.98 Å². The predicted molar refractivity (Wildman–Crippen MR) is 72.0 cm³/mol. The van der Waals surface area contributed by atoms with Crippen LogP contribution in [0.3, 0.4) is 0 Å². The van der Waals surface area contributed by atoms with Gasteiger partial charge in [-0.25, -0.2) is 0 Å². The summed E-state index contributed by atoms with van der Waals surface area (Å²) in [7, 11) is 0. The number of nitrogens with zero attached hydrogens (tertiary/aromatic N) is 2. The Morgan fingerprint density at radius 3 is 2.82 bits per heavy atom. The molecule has 1 fully saturated rings. The monoisotopic (exact) mass is 233 g/mol. The highest BCUT2D eigenvalue weighted by Crippen LogP contribution is 2.25. The van der Waals surface area contributed by atoms with Crippen LogP contribution in [0.15, 0.2) is 18.3 Å². The first-order valence-corrected chi connectivity index (χ1v) is 6.73. The molecule has 0 amide bonds. The van der Waals surface area contributed by atoms with E-state index in [1.54, 1.807) is 0 Å². The fourth-order valence-electron chi connectivity index (χ4n) is 2.66. The van der Waals surface area contributed by atoms with E-state index in [4.69, 9.17) is 5.73 Å². The Morgan fingerprint density at radius 1 is 1.41 bits per heavy atom. The van der Waals surface area contributed by atoms with Crippen molar-refractivity contribution in [1.82, 2.24) is 4.98 Å². The quantitative estimate of drug-likeness (QED) is 0.869. The SMILES string of the molecule is CCCC1CCN(c2ccnc(CN)c2)CC1. The van der Waals surface area contributed by atoms with E-state index >= 15 is 0 Å². The smallest absolute Gasteiger partial charge is 0.0560 e. The molecule has 1 aromatic heterocycles. The Bertz CT molecular complexity index is 343. The molecule has 1 saturated heterocycles. The Morgan fingerprint density at radius 2 is 2.18 bits per heavy atom. The number of nitrogens with two attached hydrogens (primary N) is 1. The van der Waals surface area contributed by atoms with Crippen LogP contribution in [0.2, 0.25) is 0 Å². The van der Waals surface area contributed by atoms with Crippen molar-refractivity contribution in [3.8, 4) is 0 Å². The first kappa shape index (κ1) is 12.4. The maximum Gasteiger partial charge on any atom is 0.0560 e. The minimum Gasteiger partial charge on any atom is -0.371 e. The lowest BCUT2D eigenvalue weighted by atomic mass is 9.92. The lowest BCUT2D eigenvalue weighted by Gasteiger charge is -2.33. The molecule has 1 aliphatic rings. The Labute approximate surface area is 104 Å². The second-order valence-corrected chi connectivity index (χ2v) is 4.93. The highest BCUT2D eigenvalue weighted by molar-refractivity contribution is 5.46. The van der Waals surface area contributed by atoms with Gasteiger partial charge in [0, 0.05) is 31.5 Å². The van der Waals surface area contributed by atoms with Crippen molar-refractivity contribution in [3.63, 3.8) is 0 Å². The van der Waals surface area contributed by atoms with E-state index in [1.165, 1.54) is 44.5 Å². The van der Waals surface area contributed by atoms with Crippen LogP contribution in [-0.4, -0.2) is 18.1 Å². The maximum atomic E-state index is 5.63. The van der Waals surface area contributed by atoms with Gasteiger partial charge in [0.15, 0.2) is 0 Å². The normalized spacial score (nSPS) is 17.4. The average Bonchev–Trinajstić information content (AvgIpc) is 2.40. The zero-order valence-corrected chi connectivity index (χ0v) is 10.7.